The number of rotatable bonds is 3. The molecule has 1 aliphatic rings. The molecule has 1 rings (SSSR count). The maximum absolute atomic E-state index is 10.2. The average Bonchev–Trinajstić information content (AvgIpc) is 2.47. The molecule has 0 aliphatic heterocycles. The van der Waals surface area contributed by atoms with Gasteiger partial charge in [-0.1, -0.05) is 0 Å². The first kappa shape index (κ1) is 7.34. The fourth-order valence-corrected chi connectivity index (χ4v) is 0.960. The SMILES string of the molecule is NC(=O)OC1(CCO)CC1. The van der Waals surface area contributed by atoms with Crippen LogP contribution in [0.2, 0.25) is 0 Å². The third-order valence-electron chi connectivity index (χ3n) is 1.69. The molecule has 0 aromatic rings. The van der Waals surface area contributed by atoms with Crippen molar-refractivity contribution in [2.24, 2.45) is 5.73 Å². The molecule has 0 heterocycles. The van der Waals surface area contributed by atoms with Crippen LogP contribution in [0.15, 0.2) is 0 Å². The zero-order valence-electron chi connectivity index (χ0n) is 5.67. The van der Waals surface area contributed by atoms with E-state index in [4.69, 9.17) is 15.6 Å². The van der Waals surface area contributed by atoms with Crippen molar-refractivity contribution in [3.05, 3.63) is 0 Å². The van der Waals surface area contributed by atoms with E-state index in [0.717, 1.165) is 12.8 Å². The van der Waals surface area contributed by atoms with Crippen molar-refractivity contribution in [1.29, 1.82) is 0 Å². The topological polar surface area (TPSA) is 72.6 Å². The zero-order valence-corrected chi connectivity index (χ0v) is 5.67. The molecule has 1 amide bonds. The molecule has 1 aliphatic carbocycles. The second-order valence-electron chi connectivity index (χ2n) is 2.58. The molecule has 0 saturated heterocycles. The highest BCUT2D eigenvalue weighted by molar-refractivity contribution is 5.65. The van der Waals surface area contributed by atoms with Crippen LogP contribution < -0.4 is 5.73 Å². The van der Waals surface area contributed by atoms with Crippen LogP contribution in [0.4, 0.5) is 4.79 Å². The molecule has 3 N–H and O–H groups in total. The molecule has 10 heavy (non-hydrogen) atoms. The van der Waals surface area contributed by atoms with Gasteiger partial charge >= 0.3 is 6.09 Å². The number of hydrogen-bond acceptors (Lipinski definition) is 3. The minimum Gasteiger partial charge on any atom is -0.443 e. The molecule has 1 saturated carbocycles. The predicted molar refractivity (Wildman–Crippen MR) is 34.3 cm³/mol. The lowest BCUT2D eigenvalue weighted by molar-refractivity contribution is 0.0718. The maximum Gasteiger partial charge on any atom is 0.405 e. The van der Waals surface area contributed by atoms with Crippen LogP contribution in [0.1, 0.15) is 19.3 Å². The number of nitrogens with two attached hydrogens (primary N) is 1. The van der Waals surface area contributed by atoms with Gasteiger partial charge in [-0.05, 0) is 12.8 Å². The van der Waals surface area contributed by atoms with E-state index < -0.39 is 11.7 Å². The lowest BCUT2D eigenvalue weighted by atomic mass is 10.2. The van der Waals surface area contributed by atoms with Gasteiger partial charge in [-0.2, -0.15) is 0 Å². The first-order valence-corrected chi connectivity index (χ1v) is 3.28. The molecule has 58 valence electrons. The minimum atomic E-state index is -0.744. The monoisotopic (exact) mass is 145 g/mol. The van der Waals surface area contributed by atoms with Gasteiger partial charge in [-0.3, -0.25) is 0 Å². The highest BCUT2D eigenvalue weighted by Crippen LogP contribution is 2.42. The van der Waals surface area contributed by atoms with Crippen LogP contribution >= 0.6 is 0 Å². The number of amides is 1. The molecule has 4 nitrogen and oxygen atoms in total. The molecule has 0 radical (unpaired) electrons. The molecule has 0 aromatic heterocycles. The number of aliphatic hydroxyl groups is 1. The van der Waals surface area contributed by atoms with Crippen molar-refractivity contribution in [3.8, 4) is 0 Å². The molecule has 0 atom stereocenters. The van der Waals surface area contributed by atoms with Crippen LogP contribution in [0.5, 0.6) is 0 Å². The van der Waals surface area contributed by atoms with Crippen molar-refractivity contribution < 1.29 is 14.6 Å². The summed E-state index contributed by atoms with van der Waals surface area (Å²) < 4.78 is 4.77. The summed E-state index contributed by atoms with van der Waals surface area (Å²) in [4.78, 5) is 10.2. The van der Waals surface area contributed by atoms with E-state index >= 15 is 0 Å². The number of carbonyl (C=O) groups is 1. The summed E-state index contributed by atoms with van der Waals surface area (Å²) in [6.45, 7) is 0.0489. The van der Waals surface area contributed by atoms with Crippen molar-refractivity contribution in [2.75, 3.05) is 6.61 Å². The van der Waals surface area contributed by atoms with E-state index in [1.54, 1.807) is 0 Å². The molecule has 0 spiro atoms. The van der Waals surface area contributed by atoms with Gasteiger partial charge in [0.05, 0.1) is 0 Å². The van der Waals surface area contributed by atoms with Crippen LogP contribution in [0, 0.1) is 0 Å². The first-order valence-electron chi connectivity index (χ1n) is 3.28. The van der Waals surface area contributed by atoms with E-state index in [0.29, 0.717) is 6.42 Å². The summed E-state index contributed by atoms with van der Waals surface area (Å²) in [6.07, 6.45) is 1.43. The Hall–Kier alpha value is -0.770. The van der Waals surface area contributed by atoms with Gasteiger partial charge in [0, 0.05) is 13.0 Å². The molecule has 0 aromatic carbocycles. The van der Waals surface area contributed by atoms with Gasteiger partial charge in [-0.25, -0.2) is 4.79 Å². The number of carbonyl (C=O) groups excluding carboxylic acids is 1. The highest BCUT2D eigenvalue weighted by Gasteiger charge is 2.45. The molecule has 4 heteroatoms. The van der Waals surface area contributed by atoms with E-state index in [-0.39, 0.29) is 6.61 Å². The summed E-state index contributed by atoms with van der Waals surface area (Å²) in [5.74, 6) is 0. The largest absolute Gasteiger partial charge is 0.443 e. The Bertz CT molecular complexity index is 142. The Kier molecular flexibility index (Phi) is 1.80. The fraction of sp³-hybridized carbons (Fsp3) is 0.833. The van der Waals surface area contributed by atoms with Crippen molar-refractivity contribution in [3.63, 3.8) is 0 Å². The number of hydrogen-bond donors (Lipinski definition) is 2. The Balaban J connectivity index is 2.30. The van der Waals surface area contributed by atoms with Crippen LogP contribution in [0.25, 0.3) is 0 Å². The minimum absolute atomic E-state index is 0.0489. The third kappa shape index (κ3) is 1.60. The molecule has 0 unspecified atom stereocenters. The summed E-state index contributed by atoms with van der Waals surface area (Å²) in [7, 11) is 0. The molecular formula is C6H11NO3. The van der Waals surface area contributed by atoms with Crippen LogP contribution in [-0.4, -0.2) is 23.4 Å². The number of primary amides is 1. The maximum atomic E-state index is 10.2. The lowest BCUT2D eigenvalue weighted by Gasteiger charge is -2.12. The van der Waals surface area contributed by atoms with Gasteiger partial charge in [0.15, 0.2) is 0 Å². The highest BCUT2D eigenvalue weighted by atomic mass is 16.6. The zero-order chi connectivity index (χ0) is 7.61. The van der Waals surface area contributed by atoms with Gasteiger partial charge in [-0.15, -0.1) is 0 Å². The van der Waals surface area contributed by atoms with Crippen LogP contribution in [-0.2, 0) is 4.74 Å². The second kappa shape index (κ2) is 2.46. The average molecular weight is 145 g/mol. The summed E-state index contributed by atoms with van der Waals surface area (Å²) in [6, 6.07) is 0. The van der Waals surface area contributed by atoms with E-state index in [1.165, 1.54) is 0 Å². The van der Waals surface area contributed by atoms with Crippen LogP contribution in [0.3, 0.4) is 0 Å². The van der Waals surface area contributed by atoms with Crippen molar-refractivity contribution >= 4 is 6.09 Å². The Morgan fingerprint density at radius 2 is 2.30 bits per heavy atom. The quantitative estimate of drug-likeness (QED) is 0.587. The normalized spacial score (nSPS) is 20.1. The number of aliphatic hydroxyl groups excluding tert-OH is 1. The van der Waals surface area contributed by atoms with Gasteiger partial charge in [0.25, 0.3) is 0 Å². The molecule has 0 bridgehead atoms. The fourth-order valence-electron chi connectivity index (χ4n) is 0.960. The summed E-state index contributed by atoms with van der Waals surface area (Å²) in [5.41, 5.74) is 4.40. The number of ether oxygens (including phenoxy) is 1. The summed E-state index contributed by atoms with van der Waals surface area (Å²) >= 11 is 0. The third-order valence-corrected chi connectivity index (χ3v) is 1.69. The van der Waals surface area contributed by atoms with Crippen molar-refractivity contribution in [2.45, 2.75) is 24.9 Å². The predicted octanol–water partition coefficient (Wildman–Crippen LogP) is -0.00330. The smallest absolute Gasteiger partial charge is 0.405 e. The van der Waals surface area contributed by atoms with E-state index in [9.17, 15) is 4.79 Å². The molecular weight excluding hydrogens is 134 g/mol. The Morgan fingerprint density at radius 1 is 1.70 bits per heavy atom. The molecule has 1 fully saturated rings. The first-order chi connectivity index (χ1) is 4.68. The van der Waals surface area contributed by atoms with E-state index in [1.807, 2.05) is 0 Å². The Morgan fingerprint density at radius 3 is 2.60 bits per heavy atom. The second-order valence-corrected chi connectivity index (χ2v) is 2.58. The lowest BCUT2D eigenvalue weighted by Crippen LogP contribution is -2.24. The van der Waals surface area contributed by atoms with Gasteiger partial charge < -0.3 is 15.6 Å². The van der Waals surface area contributed by atoms with Gasteiger partial charge in [0.1, 0.15) is 5.60 Å². The Labute approximate surface area is 59.0 Å². The standard InChI is InChI=1S/C6H11NO3/c7-5(9)10-6(1-2-6)3-4-8/h8H,1-4H2,(H2,7,9). The van der Waals surface area contributed by atoms with Crippen molar-refractivity contribution in [1.82, 2.24) is 0 Å². The van der Waals surface area contributed by atoms with Gasteiger partial charge in [0.2, 0.25) is 0 Å². The summed E-state index contributed by atoms with van der Waals surface area (Å²) in [5, 5.41) is 8.52. The van der Waals surface area contributed by atoms with E-state index in [2.05, 4.69) is 0 Å².